The summed E-state index contributed by atoms with van der Waals surface area (Å²) in [6.07, 6.45) is 3.16. The zero-order valence-corrected chi connectivity index (χ0v) is 13.0. The average molecular weight is 326 g/mol. The zero-order chi connectivity index (χ0) is 15.6. The molecular formula is C13H14N2O4S2. The molecule has 0 aliphatic rings. The number of hydrogen-bond donors (Lipinski definition) is 2. The first kappa shape index (κ1) is 15.6. The molecule has 0 spiro atoms. The van der Waals surface area contributed by atoms with Crippen LogP contribution in [0.2, 0.25) is 0 Å². The highest BCUT2D eigenvalue weighted by molar-refractivity contribution is 7.91. The third-order valence-electron chi connectivity index (χ3n) is 2.89. The van der Waals surface area contributed by atoms with Gasteiger partial charge in [-0.2, -0.15) is 0 Å². The number of thiophene rings is 1. The van der Waals surface area contributed by atoms with Crippen LogP contribution in [0.3, 0.4) is 0 Å². The van der Waals surface area contributed by atoms with Gasteiger partial charge in [0, 0.05) is 18.4 Å². The lowest BCUT2D eigenvalue weighted by Crippen LogP contribution is -2.26. The van der Waals surface area contributed by atoms with Crippen molar-refractivity contribution in [2.75, 3.05) is 0 Å². The van der Waals surface area contributed by atoms with E-state index >= 15 is 0 Å². The molecule has 0 saturated carbocycles. The van der Waals surface area contributed by atoms with Crippen LogP contribution in [0, 0.1) is 6.92 Å². The summed E-state index contributed by atoms with van der Waals surface area (Å²) in [6, 6.07) is 4.37. The Hall–Kier alpha value is -1.77. The lowest BCUT2D eigenvalue weighted by molar-refractivity contribution is 0.0701. The second-order valence-corrected chi connectivity index (χ2v) is 7.50. The molecule has 0 aliphatic heterocycles. The molecule has 6 nitrogen and oxygen atoms in total. The van der Waals surface area contributed by atoms with Gasteiger partial charge in [-0.25, -0.2) is 17.9 Å². The minimum atomic E-state index is -3.76. The topological polar surface area (TPSA) is 96.4 Å². The third-order valence-corrected chi connectivity index (χ3v) is 6.13. The van der Waals surface area contributed by atoms with Crippen molar-refractivity contribution < 1.29 is 18.3 Å². The summed E-state index contributed by atoms with van der Waals surface area (Å²) in [6.45, 7) is 3.29. The van der Waals surface area contributed by atoms with E-state index in [0.717, 1.165) is 16.9 Å². The Balaban J connectivity index is 2.27. The van der Waals surface area contributed by atoms with Gasteiger partial charge < -0.3 is 5.11 Å². The van der Waals surface area contributed by atoms with Crippen LogP contribution in [0.25, 0.3) is 0 Å². The first-order chi connectivity index (χ1) is 9.81. The fourth-order valence-electron chi connectivity index (χ4n) is 1.81. The normalized spacial score (nSPS) is 13.0. The largest absolute Gasteiger partial charge is 0.477 e. The van der Waals surface area contributed by atoms with Crippen LogP contribution in [0.4, 0.5) is 0 Å². The van der Waals surface area contributed by atoms with E-state index in [1.807, 2.05) is 0 Å². The third kappa shape index (κ3) is 3.46. The first-order valence-corrected chi connectivity index (χ1v) is 8.37. The highest BCUT2D eigenvalue weighted by Crippen LogP contribution is 2.27. The van der Waals surface area contributed by atoms with Gasteiger partial charge in [0.25, 0.3) is 10.0 Å². The van der Waals surface area contributed by atoms with Crippen LogP contribution in [0.5, 0.6) is 0 Å². The van der Waals surface area contributed by atoms with E-state index in [-0.39, 0.29) is 9.09 Å². The number of sulfonamides is 1. The van der Waals surface area contributed by atoms with Crippen LogP contribution in [-0.2, 0) is 10.0 Å². The highest BCUT2D eigenvalue weighted by atomic mass is 32.2. The number of carbonyl (C=O) groups is 1. The lowest BCUT2D eigenvalue weighted by atomic mass is 10.1. The smallest absolute Gasteiger partial charge is 0.346 e. The summed E-state index contributed by atoms with van der Waals surface area (Å²) in [4.78, 5) is 14.9. The van der Waals surface area contributed by atoms with Gasteiger partial charge in [-0.3, -0.25) is 4.98 Å². The summed E-state index contributed by atoms with van der Waals surface area (Å²) in [5.41, 5.74) is 1.21. The second kappa shape index (κ2) is 5.92. The van der Waals surface area contributed by atoms with Gasteiger partial charge in [-0.05, 0) is 43.2 Å². The molecule has 0 fully saturated rings. The second-order valence-electron chi connectivity index (χ2n) is 4.51. The summed E-state index contributed by atoms with van der Waals surface area (Å²) in [7, 11) is -3.76. The number of pyridine rings is 1. The number of carboxylic acid groups (broad SMARTS) is 1. The van der Waals surface area contributed by atoms with Crippen LogP contribution >= 0.6 is 11.3 Å². The van der Waals surface area contributed by atoms with E-state index in [4.69, 9.17) is 5.11 Å². The van der Waals surface area contributed by atoms with Crippen LogP contribution < -0.4 is 4.72 Å². The van der Waals surface area contributed by atoms with E-state index in [1.165, 1.54) is 6.07 Å². The van der Waals surface area contributed by atoms with Crippen molar-refractivity contribution in [3.8, 4) is 0 Å². The highest BCUT2D eigenvalue weighted by Gasteiger charge is 2.23. The Morgan fingerprint density at radius 2 is 2.00 bits per heavy atom. The van der Waals surface area contributed by atoms with E-state index in [1.54, 1.807) is 38.4 Å². The van der Waals surface area contributed by atoms with Gasteiger partial charge >= 0.3 is 5.97 Å². The number of nitrogens with one attached hydrogen (secondary N) is 1. The number of aromatic carboxylic acids is 1. The fraction of sp³-hybridized carbons (Fsp3) is 0.231. The van der Waals surface area contributed by atoms with E-state index < -0.39 is 22.0 Å². The molecule has 0 aromatic carbocycles. The Kier molecular flexibility index (Phi) is 4.40. The maximum absolute atomic E-state index is 12.3. The molecule has 1 unspecified atom stereocenters. The van der Waals surface area contributed by atoms with E-state index in [2.05, 4.69) is 9.71 Å². The van der Waals surface area contributed by atoms with E-state index in [9.17, 15) is 13.2 Å². The molecule has 112 valence electrons. The molecule has 0 radical (unpaired) electrons. The van der Waals surface area contributed by atoms with Crippen LogP contribution in [-0.4, -0.2) is 24.5 Å². The predicted molar refractivity (Wildman–Crippen MR) is 79.0 cm³/mol. The molecule has 0 saturated heterocycles. The van der Waals surface area contributed by atoms with Crippen molar-refractivity contribution in [1.29, 1.82) is 0 Å². The summed E-state index contributed by atoms with van der Waals surface area (Å²) < 4.78 is 27.1. The number of aromatic nitrogens is 1. The van der Waals surface area contributed by atoms with Crippen molar-refractivity contribution in [1.82, 2.24) is 9.71 Å². The average Bonchev–Trinajstić information content (AvgIpc) is 2.82. The van der Waals surface area contributed by atoms with Crippen molar-refractivity contribution in [2.45, 2.75) is 24.1 Å². The number of carboxylic acids is 1. The Morgan fingerprint density at radius 1 is 1.38 bits per heavy atom. The quantitative estimate of drug-likeness (QED) is 0.878. The molecule has 0 amide bonds. The minimum Gasteiger partial charge on any atom is -0.477 e. The molecule has 8 heteroatoms. The SMILES string of the molecule is Cc1cc(S(=O)(=O)NC(C)c2ccncc2)sc1C(=O)O. The maximum atomic E-state index is 12.3. The number of rotatable bonds is 5. The predicted octanol–water partition coefficient (Wildman–Crippen LogP) is 2.19. The van der Waals surface area contributed by atoms with Gasteiger partial charge in [-0.15, -0.1) is 11.3 Å². The van der Waals surface area contributed by atoms with Crippen molar-refractivity contribution >= 4 is 27.3 Å². The fourth-order valence-corrected chi connectivity index (χ4v) is 4.44. The molecule has 21 heavy (non-hydrogen) atoms. The molecule has 2 heterocycles. The van der Waals surface area contributed by atoms with Gasteiger partial charge in [0.15, 0.2) is 0 Å². The Labute approximate surface area is 126 Å². The lowest BCUT2D eigenvalue weighted by Gasteiger charge is -2.13. The maximum Gasteiger partial charge on any atom is 0.346 e. The number of nitrogens with zero attached hydrogens (tertiary/aromatic N) is 1. The molecule has 2 N–H and O–H groups in total. The Morgan fingerprint density at radius 3 is 2.52 bits per heavy atom. The summed E-state index contributed by atoms with van der Waals surface area (Å²) in [5.74, 6) is -1.12. The molecule has 0 bridgehead atoms. The van der Waals surface area contributed by atoms with Crippen molar-refractivity contribution in [3.05, 3.63) is 46.6 Å². The summed E-state index contributed by atoms with van der Waals surface area (Å²) in [5, 5.41) is 8.99. The number of hydrogen-bond acceptors (Lipinski definition) is 5. The molecule has 2 aromatic heterocycles. The molecule has 2 rings (SSSR count). The monoisotopic (exact) mass is 326 g/mol. The molecular weight excluding hydrogens is 312 g/mol. The molecule has 1 atom stereocenters. The first-order valence-electron chi connectivity index (χ1n) is 6.07. The van der Waals surface area contributed by atoms with Gasteiger partial charge in [0.05, 0.1) is 0 Å². The van der Waals surface area contributed by atoms with E-state index in [0.29, 0.717) is 5.56 Å². The van der Waals surface area contributed by atoms with Gasteiger partial charge in [0.1, 0.15) is 9.09 Å². The Bertz CT molecular complexity index is 754. The van der Waals surface area contributed by atoms with Crippen LogP contribution in [0.1, 0.15) is 33.8 Å². The minimum absolute atomic E-state index is 0.00157. The zero-order valence-electron chi connectivity index (χ0n) is 11.4. The van der Waals surface area contributed by atoms with Crippen LogP contribution in [0.15, 0.2) is 34.8 Å². The van der Waals surface area contributed by atoms with Crippen molar-refractivity contribution in [3.63, 3.8) is 0 Å². The van der Waals surface area contributed by atoms with Crippen molar-refractivity contribution in [2.24, 2.45) is 0 Å². The van der Waals surface area contributed by atoms with Gasteiger partial charge in [0.2, 0.25) is 0 Å². The van der Waals surface area contributed by atoms with Gasteiger partial charge in [-0.1, -0.05) is 0 Å². The summed E-state index contributed by atoms with van der Waals surface area (Å²) >= 11 is 0.749. The number of aryl methyl sites for hydroxylation is 1. The standard InChI is InChI=1S/C13H14N2O4S2/c1-8-7-11(20-12(8)13(16)17)21(18,19)15-9(2)10-3-5-14-6-4-10/h3-7,9,15H,1-2H3,(H,16,17). The molecule has 2 aromatic rings. The molecule has 0 aliphatic carbocycles.